The molecule has 3 aromatic rings. The summed E-state index contributed by atoms with van der Waals surface area (Å²) in [5.74, 6) is -0.426. The van der Waals surface area contributed by atoms with Crippen molar-refractivity contribution in [3.8, 4) is 5.69 Å². The molecule has 1 N–H and O–H groups in total. The van der Waals surface area contributed by atoms with E-state index in [0.29, 0.717) is 17.1 Å². The van der Waals surface area contributed by atoms with E-state index in [4.69, 9.17) is 0 Å². The van der Waals surface area contributed by atoms with Crippen LogP contribution in [-0.4, -0.2) is 45.1 Å². The Morgan fingerprint density at radius 1 is 1.15 bits per heavy atom. The van der Waals surface area contributed by atoms with Gasteiger partial charge in [0, 0.05) is 12.2 Å². The minimum Gasteiger partial charge on any atom is -0.342 e. The third kappa shape index (κ3) is 3.59. The third-order valence-electron chi connectivity index (χ3n) is 4.51. The Hall–Kier alpha value is -3.07. The molecular formula is C18H18N6O2S. The molecule has 27 heavy (non-hydrogen) atoms. The van der Waals surface area contributed by atoms with E-state index in [2.05, 4.69) is 26.9 Å². The fourth-order valence-electron chi connectivity index (χ4n) is 3.21. The monoisotopic (exact) mass is 382 g/mol. The molecule has 9 heteroatoms. The number of aromatic nitrogens is 4. The van der Waals surface area contributed by atoms with E-state index in [1.807, 2.05) is 18.2 Å². The largest absolute Gasteiger partial charge is 0.342 e. The molecule has 0 radical (unpaired) electrons. The van der Waals surface area contributed by atoms with Crippen molar-refractivity contribution < 1.29 is 9.59 Å². The summed E-state index contributed by atoms with van der Waals surface area (Å²) in [7, 11) is 0. The number of tetrazole rings is 1. The maximum Gasteiger partial charge on any atom is 0.264 e. The Kier molecular flexibility index (Phi) is 4.93. The smallest absolute Gasteiger partial charge is 0.264 e. The summed E-state index contributed by atoms with van der Waals surface area (Å²) in [6, 6.07) is 9.72. The molecule has 1 aromatic carbocycles. The number of aryl methyl sites for hydroxylation is 1. The van der Waals surface area contributed by atoms with E-state index < -0.39 is 0 Å². The summed E-state index contributed by atoms with van der Waals surface area (Å²) in [4.78, 5) is 27.6. The van der Waals surface area contributed by atoms with Gasteiger partial charge in [0.2, 0.25) is 5.91 Å². The van der Waals surface area contributed by atoms with Crippen molar-refractivity contribution in [2.75, 3.05) is 18.0 Å². The number of nitrogens with zero attached hydrogens (tertiary/aromatic N) is 5. The molecule has 0 saturated carbocycles. The number of carbonyl (C=O) groups is 2. The van der Waals surface area contributed by atoms with Crippen molar-refractivity contribution in [1.29, 1.82) is 0 Å². The van der Waals surface area contributed by atoms with Gasteiger partial charge in [0.1, 0.15) is 11.2 Å². The zero-order chi connectivity index (χ0) is 18.6. The van der Waals surface area contributed by atoms with Gasteiger partial charge in [0.15, 0.2) is 0 Å². The summed E-state index contributed by atoms with van der Waals surface area (Å²) >= 11 is 1.28. The molecule has 0 atom stereocenters. The second-order valence-electron chi connectivity index (χ2n) is 6.20. The highest BCUT2D eigenvalue weighted by Crippen LogP contribution is 2.26. The predicted octanol–water partition coefficient (Wildman–Crippen LogP) is 1.82. The Morgan fingerprint density at radius 3 is 2.89 bits per heavy atom. The lowest BCUT2D eigenvalue weighted by Gasteiger charge is -2.23. The van der Waals surface area contributed by atoms with Crippen molar-refractivity contribution in [2.45, 2.75) is 19.3 Å². The number of para-hydroxylation sites is 1. The lowest BCUT2D eigenvalue weighted by molar-refractivity contribution is -0.117. The minimum atomic E-state index is -0.313. The molecule has 138 valence electrons. The molecule has 2 aromatic heterocycles. The molecule has 3 heterocycles. The molecule has 0 fully saturated rings. The molecular weight excluding hydrogens is 364 g/mol. The number of hydrogen-bond donors (Lipinski definition) is 1. The van der Waals surface area contributed by atoms with Crippen molar-refractivity contribution >= 4 is 28.8 Å². The van der Waals surface area contributed by atoms with Gasteiger partial charge in [0.25, 0.3) is 5.91 Å². The maximum atomic E-state index is 12.8. The molecule has 0 spiro atoms. The Balaban J connectivity index is 1.46. The van der Waals surface area contributed by atoms with E-state index in [1.165, 1.54) is 27.9 Å². The van der Waals surface area contributed by atoms with Crippen LogP contribution in [0.5, 0.6) is 0 Å². The van der Waals surface area contributed by atoms with Crippen LogP contribution < -0.4 is 10.2 Å². The van der Waals surface area contributed by atoms with E-state index in [1.54, 1.807) is 16.3 Å². The lowest BCUT2D eigenvalue weighted by atomic mass is 10.1. The number of amides is 2. The molecule has 0 unspecified atom stereocenters. The number of hydrogen-bond acceptors (Lipinski definition) is 6. The first-order valence-electron chi connectivity index (χ1n) is 8.71. The molecule has 4 rings (SSSR count). The van der Waals surface area contributed by atoms with E-state index in [9.17, 15) is 9.59 Å². The summed E-state index contributed by atoms with van der Waals surface area (Å²) in [5, 5.41) is 15.5. The number of benzene rings is 1. The van der Waals surface area contributed by atoms with Gasteiger partial charge in [-0.25, -0.2) is 0 Å². The third-order valence-corrected chi connectivity index (χ3v) is 5.41. The number of nitrogens with one attached hydrogen (secondary N) is 1. The second-order valence-corrected chi connectivity index (χ2v) is 7.12. The highest BCUT2D eigenvalue weighted by molar-refractivity contribution is 7.12. The van der Waals surface area contributed by atoms with Crippen LogP contribution >= 0.6 is 11.3 Å². The van der Waals surface area contributed by atoms with Gasteiger partial charge in [-0.15, -0.1) is 16.4 Å². The Morgan fingerprint density at radius 2 is 2.04 bits per heavy atom. The van der Waals surface area contributed by atoms with Gasteiger partial charge in [-0.3, -0.25) is 9.59 Å². The van der Waals surface area contributed by atoms with E-state index in [0.717, 1.165) is 24.9 Å². The summed E-state index contributed by atoms with van der Waals surface area (Å²) in [5.41, 5.74) is 2.71. The van der Waals surface area contributed by atoms with Crippen LogP contribution in [0.1, 0.15) is 28.1 Å². The Bertz CT molecular complexity index is 952. The molecule has 8 nitrogen and oxygen atoms in total. The van der Waals surface area contributed by atoms with E-state index >= 15 is 0 Å². The SMILES string of the molecule is O=C(NCC(=O)N1CCCCc2ccccc21)c1sccc1-n1cnnn1. The number of thiophene rings is 1. The number of carbonyl (C=O) groups excluding carboxylic acids is 2. The first-order chi connectivity index (χ1) is 13.2. The zero-order valence-corrected chi connectivity index (χ0v) is 15.4. The number of fused-ring (bicyclic) bond motifs is 1. The fourth-order valence-corrected chi connectivity index (χ4v) is 4.00. The standard InChI is InChI=1S/C18H18N6O2S/c25-16(23-9-4-3-6-13-5-1-2-7-14(13)23)11-19-18(26)17-15(8-10-27-17)24-12-20-21-22-24/h1-2,5,7-8,10,12H,3-4,6,9,11H2,(H,19,26). The minimum absolute atomic E-state index is 0.0554. The molecule has 1 aliphatic rings. The van der Waals surface area contributed by atoms with E-state index in [-0.39, 0.29) is 18.4 Å². The van der Waals surface area contributed by atoms with Crippen molar-refractivity contribution in [3.63, 3.8) is 0 Å². The topological polar surface area (TPSA) is 93.0 Å². The lowest BCUT2D eigenvalue weighted by Crippen LogP contribution is -2.40. The molecule has 0 bridgehead atoms. The fraction of sp³-hybridized carbons (Fsp3) is 0.278. The average Bonchev–Trinajstić information content (AvgIpc) is 3.34. The van der Waals surface area contributed by atoms with Gasteiger partial charge in [-0.1, -0.05) is 18.2 Å². The zero-order valence-electron chi connectivity index (χ0n) is 14.5. The average molecular weight is 382 g/mol. The van der Waals surface area contributed by atoms with Crippen LogP contribution in [0, 0.1) is 0 Å². The van der Waals surface area contributed by atoms with Crippen LogP contribution in [0.25, 0.3) is 5.69 Å². The predicted molar refractivity (Wildman–Crippen MR) is 101 cm³/mol. The van der Waals surface area contributed by atoms with Crippen molar-refractivity contribution in [1.82, 2.24) is 25.5 Å². The first kappa shape index (κ1) is 17.3. The van der Waals surface area contributed by atoms with Gasteiger partial charge in [0.05, 0.1) is 12.2 Å². The van der Waals surface area contributed by atoms with Crippen LogP contribution in [0.4, 0.5) is 5.69 Å². The summed E-state index contributed by atoms with van der Waals surface area (Å²) in [6.45, 7) is 0.612. The van der Waals surface area contributed by atoms with Crippen LogP contribution in [-0.2, 0) is 11.2 Å². The van der Waals surface area contributed by atoms with Crippen LogP contribution in [0.2, 0.25) is 0 Å². The van der Waals surface area contributed by atoms with Crippen LogP contribution in [0.3, 0.4) is 0 Å². The van der Waals surface area contributed by atoms with Gasteiger partial charge in [-0.2, -0.15) is 4.68 Å². The van der Waals surface area contributed by atoms with Crippen LogP contribution in [0.15, 0.2) is 42.0 Å². The Labute approximate surface area is 159 Å². The number of anilines is 1. The summed E-state index contributed by atoms with van der Waals surface area (Å²) in [6.07, 6.45) is 4.40. The van der Waals surface area contributed by atoms with Gasteiger partial charge in [-0.05, 0) is 52.8 Å². The normalized spacial score (nSPS) is 13.7. The molecule has 1 aliphatic heterocycles. The molecule has 0 aliphatic carbocycles. The molecule has 0 saturated heterocycles. The van der Waals surface area contributed by atoms with Gasteiger partial charge >= 0.3 is 0 Å². The first-order valence-corrected chi connectivity index (χ1v) is 9.59. The highest BCUT2D eigenvalue weighted by atomic mass is 32.1. The van der Waals surface area contributed by atoms with Crippen molar-refractivity contribution in [3.05, 3.63) is 52.5 Å². The summed E-state index contributed by atoms with van der Waals surface area (Å²) < 4.78 is 1.43. The number of rotatable bonds is 4. The highest BCUT2D eigenvalue weighted by Gasteiger charge is 2.22. The maximum absolute atomic E-state index is 12.8. The van der Waals surface area contributed by atoms with Crippen molar-refractivity contribution in [2.24, 2.45) is 0 Å². The second kappa shape index (κ2) is 7.67. The molecule has 2 amide bonds. The quantitative estimate of drug-likeness (QED) is 0.743. The van der Waals surface area contributed by atoms with Gasteiger partial charge < -0.3 is 10.2 Å².